The molecule has 148 valence electrons. The average molecular weight is 475 g/mol. The molecule has 1 fully saturated rings. The number of hydrogen-bond donors (Lipinski definition) is 2. The van der Waals surface area contributed by atoms with Crippen LogP contribution in [0.2, 0.25) is 0 Å². The lowest BCUT2D eigenvalue weighted by Gasteiger charge is -2.16. The van der Waals surface area contributed by atoms with Gasteiger partial charge in [0.05, 0.1) is 19.8 Å². The number of benzene rings is 1. The molecule has 1 aliphatic rings. The third-order valence-corrected chi connectivity index (χ3v) is 4.23. The van der Waals surface area contributed by atoms with Crippen LogP contribution in [-0.4, -0.2) is 38.4 Å². The Hall–Kier alpha value is -1.02. The minimum atomic E-state index is 0. The van der Waals surface area contributed by atoms with E-state index in [4.69, 9.17) is 14.5 Å². The summed E-state index contributed by atoms with van der Waals surface area (Å²) in [5.74, 6) is 1.80. The first kappa shape index (κ1) is 23.0. The number of rotatable bonds is 9. The van der Waals surface area contributed by atoms with Crippen LogP contribution in [0.1, 0.15) is 50.7 Å². The van der Waals surface area contributed by atoms with Crippen LogP contribution in [0.25, 0.3) is 0 Å². The number of halogens is 1. The topological polar surface area (TPSA) is 54.9 Å². The molecule has 1 aliphatic heterocycles. The highest BCUT2D eigenvalue weighted by Gasteiger charge is 2.18. The Morgan fingerprint density at radius 3 is 2.81 bits per heavy atom. The smallest absolute Gasteiger partial charge is 0.191 e. The first-order valence-corrected chi connectivity index (χ1v) is 9.59. The molecule has 1 saturated heterocycles. The molecule has 1 aromatic carbocycles. The van der Waals surface area contributed by atoms with E-state index in [1.54, 1.807) is 0 Å². The van der Waals surface area contributed by atoms with Gasteiger partial charge in [0, 0.05) is 25.1 Å². The van der Waals surface area contributed by atoms with Crippen molar-refractivity contribution in [2.45, 2.75) is 59.1 Å². The van der Waals surface area contributed by atoms with E-state index in [-0.39, 0.29) is 30.1 Å². The second kappa shape index (κ2) is 13.2. The average Bonchev–Trinajstić information content (AvgIpc) is 3.11. The minimum Gasteiger partial charge on any atom is -0.488 e. The summed E-state index contributed by atoms with van der Waals surface area (Å²) in [7, 11) is 0. The van der Waals surface area contributed by atoms with Crippen molar-refractivity contribution >= 4 is 29.9 Å². The highest BCUT2D eigenvalue weighted by atomic mass is 127. The van der Waals surface area contributed by atoms with Gasteiger partial charge in [0.25, 0.3) is 0 Å². The molecule has 2 rings (SSSR count). The molecule has 0 aromatic heterocycles. The van der Waals surface area contributed by atoms with Gasteiger partial charge >= 0.3 is 0 Å². The van der Waals surface area contributed by atoms with Crippen LogP contribution in [0, 0.1) is 6.92 Å². The molecule has 0 amide bonds. The van der Waals surface area contributed by atoms with Gasteiger partial charge in [-0.15, -0.1) is 24.0 Å². The van der Waals surface area contributed by atoms with Crippen molar-refractivity contribution in [1.29, 1.82) is 0 Å². The zero-order valence-corrected chi connectivity index (χ0v) is 18.7. The number of nitrogens with zero attached hydrogens (tertiary/aromatic N) is 1. The van der Waals surface area contributed by atoms with Gasteiger partial charge in [0.15, 0.2) is 5.96 Å². The summed E-state index contributed by atoms with van der Waals surface area (Å²) in [6, 6.07) is 6.33. The van der Waals surface area contributed by atoms with Crippen LogP contribution >= 0.6 is 24.0 Å². The van der Waals surface area contributed by atoms with Gasteiger partial charge in [0.2, 0.25) is 0 Å². The van der Waals surface area contributed by atoms with Gasteiger partial charge in [-0.05, 0) is 31.9 Å². The number of ether oxygens (including phenoxy) is 2. The van der Waals surface area contributed by atoms with Crippen molar-refractivity contribution in [2.24, 2.45) is 4.99 Å². The lowest BCUT2D eigenvalue weighted by Crippen LogP contribution is -2.37. The molecule has 0 saturated carbocycles. The molecule has 1 aromatic rings. The minimum absolute atomic E-state index is 0. The normalized spacial score (nSPS) is 16.9. The lowest BCUT2D eigenvalue weighted by atomic mass is 10.1. The summed E-state index contributed by atoms with van der Waals surface area (Å²) in [6.07, 6.45) is 4.75. The second-order valence-electron chi connectivity index (χ2n) is 6.54. The molecule has 1 heterocycles. The van der Waals surface area contributed by atoms with Gasteiger partial charge in [-0.1, -0.05) is 31.9 Å². The SMILES string of the molecule is CCCCCNC(=NCc1ccc(C)cc1OC1CCOC1)NCC.I. The number of unbranched alkanes of at least 4 members (excludes halogenated alkanes) is 2. The fraction of sp³-hybridized carbons (Fsp3) is 0.650. The van der Waals surface area contributed by atoms with Crippen molar-refractivity contribution in [3.05, 3.63) is 29.3 Å². The number of hydrogen-bond acceptors (Lipinski definition) is 3. The summed E-state index contributed by atoms with van der Waals surface area (Å²) in [5.41, 5.74) is 2.31. The molecule has 0 radical (unpaired) electrons. The van der Waals surface area contributed by atoms with Crippen molar-refractivity contribution in [3.63, 3.8) is 0 Å². The Kier molecular flexibility index (Phi) is 11.7. The van der Waals surface area contributed by atoms with Crippen LogP contribution in [0.4, 0.5) is 0 Å². The van der Waals surface area contributed by atoms with E-state index in [0.717, 1.165) is 43.4 Å². The standard InChI is InChI=1S/C20H33N3O2.HI/c1-4-6-7-11-22-20(21-5-2)23-14-17-9-8-16(3)13-19(17)25-18-10-12-24-15-18;/h8-9,13,18H,4-7,10-12,14-15H2,1-3H3,(H2,21,22,23);1H. The van der Waals surface area contributed by atoms with Crippen LogP contribution in [0.15, 0.2) is 23.2 Å². The third-order valence-electron chi connectivity index (χ3n) is 4.23. The summed E-state index contributed by atoms with van der Waals surface area (Å²) in [5, 5.41) is 6.72. The fourth-order valence-corrected chi connectivity index (χ4v) is 2.78. The Balaban J connectivity index is 0.00000338. The fourth-order valence-electron chi connectivity index (χ4n) is 2.78. The van der Waals surface area contributed by atoms with Gasteiger partial charge < -0.3 is 20.1 Å². The Morgan fingerprint density at radius 1 is 1.27 bits per heavy atom. The van der Waals surface area contributed by atoms with Gasteiger partial charge in [-0.3, -0.25) is 0 Å². The highest BCUT2D eigenvalue weighted by Crippen LogP contribution is 2.24. The third kappa shape index (κ3) is 8.12. The monoisotopic (exact) mass is 475 g/mol. The van der Waals surface area contributed by atoms with E-state index in [2.05, 4.69) is 49.6 Å². The molecule has 5 nitrogen and oxygen atoms in total. The molecule has 1 atom stereocenters. The second-order valence-corrected chi connectivity index (χ2v) is 6.54. The zero-order chi connectivity index (χ0) is 17.9. The molecular formula is C20H34IN3O2. The first-order chi connectivity index (χ1) is 12.2. The van der Waals surface area contributed by atoms with E-state index >= 15 is 0 Å². The van der Waals surface area contributed by atoms with Crippen molar-refractivity contribution < 1.29 is 9.47 Å². The van der Waals surface area contributed by atoms with Crippen LogP contribution in [-0.2, 0) is 11.3 Å². The van der Waals surface area contributed by atoms with Crippen LogP contribution in [0.5, 0.6) is 5.75 Å². The predicted molar refractivity (Wildman–Crippen MR) is 119 cm³/mol. The van der Waals surface area contributed by atoms with Crippen LogP contribution in [0.3, 0.4) is 0 Å². The lowest BCUT2D eigenvalue weighted by molar-refractivity contribution is 0.140. The zero-order valence-electron chi connectivity index (χ0n) is 16.3. The van der Waals surface area contributed by atoms with Crippen molar-refractivity contribution in [1.82, 2.24) is 10.6 Å². The summed E-state index contributed by atoms with van der Waals surface area (Å²) < 4.78 is 11.6. The molecule has 6 heteroatoms. The number of guanidine groups is 1. The van der Waals surface area contributed by atoms with Crippen LogP contribution < -0.4 is 15.4 Å². The number of aryl methyl sites for hydroxylation is 1. The largest absolute Gasteiger partial charge is 0.488 e. The molecule has 0 spiro atoms. The summed E-state index contributed by atoms with van der Waals surface area (Å²) >= 11 is 0. The summed E-state index contributed by atoms with van der Waals surface area (Å²) in [4.78, 5) is 4.73. The van der Waals surface area contributed by atoms with E-state index < -0.39 is 0 Å². The molecular weight excluding hydrogens is 441 g/mol. The first-order valence-electron chi connectivity index (χ1n) is 9.59. The Labute approximate surface area is 175 Å². The van der Waals surface area contributed by atoms with E-state index in [1.807, 2.05) is 0 Å². The Bertz CT molecular complexity index is 546. The van der Waals surface area contributed by atoms with Crippen molar-refractivity contribution in [2.75, 3.05) is 26.3 Å². The van der Waals surface area contributed by atoms with Gasteiger partial charge in [-0.25, -0.2) is 4.99 Å². The van der Waals surface area contributed by atoms with E-state index in [9.17, 15) is 0 Å². The highest BCUT2D eigenvalue weighted by molar-refractivity contribution is 14.0. The maximum Gasteiger partial charge on any atom is 0.191 e. The van der Waals surface area contributed by atoms with Crippen molar-refractivity contribution in [3.8, 4) is 5.75 Å². The van der Waals surface area contributed by atoms with E-state index in [0.29, 0.717) is 13.2 Å². The molecule has 0 bridgehead atoms. The predicted octanol–water partition coefficient (Wildman–Crippen LogP) is 4.03. The van der Waals surface area contributed by atoms with E-state index in [1.165, 1.54) is 24.8 Å². The Morgan fingerprint density at radius 2 is 2.12 bits per heavy atom. The molecule has 2 N–H and O–H groups in total. The number of aliphatic imine (C=N–C) groups is 1. The molecule has 1 unspecified atom stereocenters. The molecule has 26 heavy (non-hydrogen) atoms. The van der Waals surface area contributed by atoms with Gasteiger partial charge in [-0.2, -0.15) is 0 Å². The number of nitrogens with one attached hydrogen (secondary N) is 2. The molecule has 0 aliphatic carbocycles. The van der Waals surface area contributed by atoms with Gasteiger partial charge in [0.1, 0.15) is 11.9 Å². The maximum absolute atomic E-state index is 6.16. The quantitative estimate of drug-likeness (QED) is 0.245. The maximum atomic E-state index is 6.16. The summed E-state index contributed by atoms with van der Waals surface area (Å²) in [6.45, 7) is 10.3.